The summed E-state index contributed by atoms with van der Waals surface area (Å²) < 4.78 is 4.35. The minimum Gasteiger partial charge on any atom is -0.308 e. The quantitative estimate of drug-likeness (QED) is 0.680. The lowest BCUT2D eigenvalue weighted by Crippen LogP contribution is -2.20. The van der Waals surface area contributed by atoms with Gasteiger partial charge in [-0.1, -0.05) is 23.7 Å². The Balaban J connectivity index is 1.61. The second kappa shape index (κ2) is 7.41. The highest BCUT2D eigenvalue weighted by molar-refractivity contribution is 9.10. The van der Waals surface area contributed by atoms with Gasteiger partial charge in [0.25, 0.3) is 0 Å². The number of nitrogens with zero attached hydrogens (tertiary/aromatic N) is 4. The fourth-order valence-corrected chi connectivity index (χ4v) is 2.85. The van der Waals surface area contributed by atoms with Crippen LogP contribution in [0.4, 0.5) is 5.82 Å². The highest BCUT2D eigenvalue weighted by Crippen LogP contribution is 2.19. The number of anilines is 1. The van der Waals surface area contributed by atoms with Crippen molar-refractivity contribution in [2.75, 3.05) is 5.32 Å². The molecule has 1 N–H and O–H groups in total. The summed E-state index contributed by atoms with van der Waals surface area (Å²) in [6.45, 7) is 4.56. The van der Waals surface area contributed by atoms with Crippen LogP contribution in [-0.4, -0.2) is 25.5 Å². The van der Waals surface area contributed by atoms with Crippen LogP contribution in [0.2, 0.25) is 5.02 Å². The van der Waals surface area contributed by atoms with Crippen molar-refractivity contribution in [2.24, 2.45) is 0 Å². The SMILES string of the molecule is Cc1nn(CC(=O)Nc2ccn(Cc3ccc(Cl)cc3)n2)c(C)c1Br. The molecule has 6 nitrogen and oxygen atoms in total. The van der Waals surface area contributed by atoms with Crippen molar-refractivity contribution in [3.8, 4) is 0 Å². The predicted molar refractivity (Wildman–Crippen MR) is 101 cm³/mol. The summed E-state index contributed by atoms with van der Waals surface area (Å²) in [6, 6.07) is 9.35. The van der Waals surface area contributed by atoms with Crippen LogP contribution in [0.1, 0.15) is 17.0 Å². The number of halogens is 2. The Morgan fingerprint density at radius 1 is 1.20 bits per heavy atom. The molecule has 0 bridgehead atoms. The molecule has 0 spiro atoms. The molecule has 1 amide bonds. The first-order valence-corrected chi connectivity index (χ1v) is 8.87. The molecule has 0 atom stereocenters. The number of carbonyl (C=O) groups is 1. The third-order valence-corrected chi connectivity index (χ3v) is 5.15. The maximum absolute atomic E-state index is 12.2. The number of rotatable bonds is 5. The van der Waals surface area contributed by atoms with Gasteiger partial charge in [-0.05, 0) is 47.5 Å². The van der Waals surface area contributed by atoms with Crippen molar-refractivity contribution < 1.29 is 4.79 Å². The zero-order chi connectivity index (χ0) is 18.0. The van der Waals surface area contributed by atoms with Crippen LogP contribution < -0.4 is 5.32 Å². The molecule has 0 saturated heterocycles. The summed E-state index contributed by atoms with van der Waals surface area (Å²) in [5.41, 5.74) is 2.86. The van der Waals surface area contributed by atoms with E-state index in [0.717, 1.165) is 21.4 Å². The van der Waals surface area contributed by atoms with Gasteiger partial charge in [-0.2, -0.15) is 10.2 Å². The molecular formula is C17H17BrClN5O. The lowest BCUT2D eigenvalue weighted by Gasteiger charge is -2.05. The standard InChI is InChI=1S/C17H17BrClN5O/c1-11-17(18)12(2)24(21-11)10-16(25)20-15-7-8-23(22-15)9-13-3-5-14(19)6-4-13/h3-8H,9-10H2,1-2H3,(H,20,22,25). The van der Waals surface area contributed by atoms with E-state index in [1.165, 1.54) is 0 Å². The smallest absolute Gasteiger partial charge is 0.247 e. The fourth-order valence-electron chi connectivity index (χ4n) is 2.44. The zero-order valence-corrected chi connectivity index (χ0v) is 16.2. The van der Waals surface area contributed by atoms with Crippen molar-refractivity contribution in [1.82, 2.24) is 19.6 Å². The number of aromatic nitrogens is 4. The average molecular weight is 423 g/mol. The molecule has 2 heterocycles. The maximum atomic E-state index is 12.2. The molecule has 25 heavy (non-hydrogen) atoms. The lowest BCUT2D eigenvalue weighted by atomic mass is 10.2. The van der Waals surface area contributed by atoms with Gasteiger partial charge in [0.2, 0.25) is 5.91 Å². The largest absolute Gasteiger partial charge is 0.308 e. The Morgan fingerprint density at radius 2 is 1.92 bits per heavy atom. The highest BCUT2D eigenvalue weighted by Gasteiger charge is 2.12. The highest BCUT2D eigenvalue weighted by atomic mass is 79.9. The topological polar surface area (TPSA) is 64.7 Å². The Kier molecular flexibility index (Phi) is 5.24. The van der Waals surface area contributed by atoms with Gasteiger partial charge >= 0.3 is 0 Å². The molecule has 0 unspecified atom stereocenters. The predicted octanol–water partition coefficient (Wildman–Crippen LogP) is 3.80. The molecule has 0 aliphatic rings. The van der Waals surface area contributed by atoms with Gasteiger partial charge in [-0.3, -0.25) is 14.2 Å². The summed E-state index contributed by atoms with van der Waals surface area (Å²) in [5.74, 6) is 0.342. The van der Waals surface area contributed by atoms with E-state index in [4.69, 9.17) is 11.6 Å². The van der Waals surface area contributed by atoms with Crippen molar-refractivity contribution in [2.45, 2.75) is 26.9 Å². The summed E-state index contributed by atoms with van der Waals surface area (Å²) in [4.78, 5) is 12.2. The number of hydrogen-bond acceptors (Lipinski definition) is 3. The summed E-state index contributed by atoms with van der Waals surface area (Å²) in [7, 11) is 0. The molecule has 3 aromatic rings. The van der Waals surface area contributed by atoms with E-state index >= 15 is 0 Å². The van der Waals surface area contributed by atoms with Crippen LogP contribution in [0.5, 0.6) is 0 Å². The molecule has 1 aromatic carbocycles. The Bertz CT molecular complexity index is 900. The van der Waals surface area contributed by atoms with Crippen molar-refractivity contribution in [3.63, 3.8) is 0 Å². The number of nitrogens with one attached hydrogen (secondary N) is 1. The summed E-state index contributed by atoms with van der Waals surface area (Å²) in [5, 5.41) is 12.2. The lowest BCUT2D eigenvalue weighted by molar-refractivity contribution is -0.117. The van der Waals surface area contributed by atoms with Gasteiger partial charge in [0.05, 0.1) is 22.4 Å². The third-order valence-electron chi connectivity index (χ3n) is 3.75. The van der Waals surface area contributed by atoms with Crippen molar-refractivity contribution in [1.29, 1.82) is 0 Å². The Labute approximate surface area is 158 Å². The van der Waals surface area contributed by atoms with E-state index in [1.807, 2.05) is 44.3 Å². The average Bonchev–Trinajstić information content (AvgIpc) is 3.10. The first kappa shape index (κ1) is 17.7. The summed E-state index contributed by atoms with van der Waals surface area (Å²) >= 11 is 9.34. The van der Waals surface area contributed by atoms with E-state index < -0.39 is 0 Å². The first-order chi connectivity index (χ1) is 11.9. The van der Waals surface area contributed by atoms with Crippen LogP contribution in [0.15, 0.2) is 41.0 Å². The Hall–Kier alpha value is -2.12. The van der Waals surface area contributed by atoms with Crippen LogP contribution >= 0.6 is 27.5 Å². The number of aryl methyl sites for hydroxylation is 1. The molecule has 3 rings (SSSR count). The number of benzene rings is 1. The molecule has 130 valence electrons. The maximum Gasteiger partial charge on any atom is 0.247 e. The van der Waals surface area contributed by atoms with Crippen LogP contribution in [0.25, 0.3) is 0 Å². The van der Waals surface area contributed by atoms with E-state index in [1.54, 1.807) is 15.4 Å². The monoisotopic (exact) mass is 421 g/mol. The van der Waals surface area contributed by atoms with Crippen LogP contribution in [0.3, 0.4) is 0 Å². The van der Waals surface area contributed by atoms with Crippen molar-refractivity contribution in [3.05, 3.63) is 63.0 Å². The number of amides is 1. The second-order valence-electron chi connectivity index (χ2n) is 5.72. The van der Waals surface area contributed by atoms with E-state index in [-0.39, 0.29) is 12.5 Å². The normalized spacial score (nSPS) is 10.9. The molecule has 0 fully saturated rings. The molecule has 0 aliphatic carbocycles. The molecule has 0 radical (unpaired) electrons. The zero-order valence-electron chi connectivity index (χ0n) is 13.8. The van der Waals surface area contributed by atoms with E-state index in [0.29, 0.717) is 17.4 Å². The van der Waals surface area contributed by atoms with Crippen molar-refractivity contribution >= 4 is 39.3 Å². The van der Waals surface area contributed by atoms with Gasteiger partial charge in [0.15, 0.2) is 5.82 Å². The van der Waals surface area contributed by atoms with Gasteiger partial charge < -0.3 is 5.32 Å². The fraction of sp³-hybridized carbons (Fsp3) is 0.235. The number of carbonyl (C=O) groups excluding carboxylic acids is 1. The second-order valence-corrected chi connectivity index (χ2v) is 6.95. The van der Waals surface area contributed by atoms with Gasteiger partial charge in [0, 0.05) is 17.3 Å². The number of hydrogen-bond donors (Lipinski definition) is 1. The first-order valence-electron chi connectivity index (χ1n) is 7.69. The van der Waals surface area contributed by atoms with E-state index in [9.17, 15) is 4.79 Å². The minimum absolute atomic E-state index is 0.141. The molecular weight excluding hydrogens is 406 g/mol. The van der Waals surface area contributed by atoms with Crippen LogP contribution in [-0.2, 0) is 17.9 Å². The van der Waals surface area contributed by atoms with Gasteiger partial charge in [-0.15, -0.1) is 0 Å². The van der Waals surface area contributed by atoms with E-state index in [2.05, 4.69) is 31.4 Å². The third kappa shape index (κ3) is 4.29. The molecule has 0 aliphatic heterocycles. The molecule has 2 aromatic heterocycles. The van der Waals surface area contributed by atoms with Crippen LogP contribution in [0, 0.1) is 13.8 Å². The molecule has 8 heteroatoms. The Morgan fingerprint density at radius 3 is 2.56 bits per heavy atom. The van der Waals surface area contributed by atoms with Gasteiger partial charge in [-0.25, -0.2) is 0 Å². The summed E-state index contributed by atoms with van der Waals surface area (Å²) in [6.07, 6.45) is 1.82. The molecule has 0 saturated carbocycles. The minimum atomic E-state index is -0.171. The van der Waals surface area contributed by atoms with Gasteiger partial charge in [0.1, 0.15) is 6.54 Å².